The van der Waals surface area contributed by atoms with Crippen LogP contribution in [-0.4, -0.2) is 36.7 Å². The number of hydrogen-bond acceptors (Lipinski definition) is 3. The summed E-state index contributed by atoms with van der Waals surface area (Å²) in [6.45, 7) is 13.3. The predicted octanol–water partition coefficient (Wildman–Crippen LogP) is 3.59. The molecule has 0 aromatic heterocycles. The van der Waals surface area contributed by atoms with Crippen LogP contribution in [0.2, 0.25) is 0 Å². The largest absolute Gasteiger partial charge is 0.487 e. The zero-order valence-electron chi connectivity index (χ0n) is 14.5. The molecule has 1 fully saturated rings. The first-order valence-electron chi connectivity index (χ1n) is 8.83. The fourth-order valence-corrected chi connectivity index (χ4v) is 4.08. The number of nitrogens with zero attached hydrogens (tertiary/aromatic N) is 1. The van der Waals surface area contributed by atoms with Crippen LogP contribution < -0.4 is 10.1 Å². The van der Waals surface area contributed by atoms with Crippen molar-refractivity contribution in [3.63, 3.8) is 0 Å². The van der Waals surface area contributed by atoms with Crippen LogP contribution in [0.1, 0.15) is 55.8 Å². The Hall–Kier alpha value is -1.06. The van der Waals surface area contributed by atoms with Crippen LogP contribution >= 0.6 is 0 Å². The molecule has 1 N–H and O–H groups in total. The Labute approximate surface area is 135 Å². The Bertz CT molecular complexity index is 530. The monoisotopic (exact) mass is 302 g/mol. The van der Waals surface area contributed by atoms with Crippen molar-refractivity contribution in [1.82, 2.24) is 10.2 Å². The normalized spacial score (nSPS) is 23.4. The van der Waals surface area contributed by atoms with E-state index in [0.29, 0.717) is 6.04 Å². The van der Waals surface area contributed by atoms with Gasteiger partial charge in [-0.15, -0.1) is 0 Å². The molecular weight excluding hydrogens is 272 g/mol. The van der Waals surface area contributed by atoms with E-state index in [-0.39, 0.29) is 5.60 Å². The SMILES string of the molecule is CCN(CC)C1CC2(CCNCC2)Oc2cc(C)c(C)cc21. The minimum absolute atomic E-state index is 0.0349. The van der Waals surface area contributed by atoms with Crippen LogP contribution in [0.3, 0.4) is 0 Å². The highest BCUT2D eigenvalue weighted by atomic mass is 16.5. The van der Waals surface area contributed by atoms with E-state index in [9.17, 15) is 0 Å². The Morgan fingerprint density at radius 3 is 2.41 bits per heavy atom. The van der Waals surface area contributed by atoms with Gasteiger partial charge >= 0.3 is 0 Å². The van der Waals surface area contributed by atoms with E-state index in [0.717, 1.165) is 51.2 Å². The van der Waals surface area contributed by atoms with Gasteiger partial charge in [-0.3, -0.25) is 4.90 Å². The molecule has 1 unspecified atom stereocenters. The number of piperidine rings is 1. The second-order valence-electron chi connectivity index (χ2n) is 6.95. The number of nitrogens with one attached hydrogen (secondary N) is 1. The molecule has 3 heteroatoms. The summed E-state index contributed by atoms with van der Waals surface area (Å²) in [4.78, 5) is 2.60. The van der Waals surface area contributed by atoms with Gasteiger partial charge in [0, 0.05) is 18.0 Å². The molecule has 3 nitrogen and oxygen atoms in total. The van der Waals surface area contributed by atoms with Gasteiger partial charge in [0.25, 0.3) is 0 Å². The Morgan fingerprint density at radius 2 is 1.77 bits per heavy atom. The van der Waals surface area contributed by atoms with Crippen LogP contribution in [0.25, 0.3) is 0 Å². The number of fused-ring (bicyclic) bond motifs is 1. The van der Waals surface area contributed by atoms with Gasteiger partial charge in [-0.2, -0.15) is 0 Å². The number of hydrogen-bond donors (Lipinski definition) is 1. The molecule has 122 valence electrons. The lowest BCUT2D eigenvalue weighted by Gasteiger charge is -2.47. The number of aryl methyl sites for hydroxylation is 2. The van der Waals surface area contributed by atoms with E-state index in [1.54, 1.807) is 0 Å². The smallest absolute Gasteiger partial charge is 0.125 e. The number of rotatable bonds is 3. The highest BCUT2D eigenvalue weighted by molar-refractivity contribution is 5.45. The van der Waals surface area contributed by atoms with Crippen LogP contribution in [-0.2, 0) is 0 Å². The molecule has 0 bridgehead atoms. The molecular formula is C19H30N2O. The maximum atomic E-state index is 6.60. The molecule has 0 saturated carbocycles. The van der Waals surface area contributed by atoms with Crippen LogP contribution in [0.15, 0.2) is 12.1 Å². The summed E-state index contributed by atoms with van der Waals surface area (Å²) in [6, 6.07) is 5.13. The van der Waals surface area contributed by atoms with E-state index in [2.05, 4.69) is 50.0 Å². The minimum Gasteiger partial charge on any atom is -0.487 e. The molecule has 2 heterocycles. The molecule has 1 aromatic carbocycles. The van der Waals surface area contributed by atoms with Gasteiger partial charge in [0.05, 0.1) is 0 Å². The van der Waals surface area contributed by atoms with Crippen molar-refractivity contribution >= 4 is 0 Å². The van der Waals surface area contributed by atoms with Gasteiger partial charge in [0.1, 0.15) is 11.4 Å². The first kappa shape index (κ1) is 15.8. The number of benzene rings is 1. The van der Waals surface area contributed by atoms with E-state index >= 15 is 0 Å². The lowest BCUT2D eigenvalue weighted by atomic mass is 9.80. The van der Waals surface area contributed by atoms with Crippen LogP contribution in [0.4, 0.5) is 0 Å². The summed E-state index contributed by atoms with van der Waals surface area (Å²) in [5.41, 5.74) is 4.15. The molecule has 1 saturated heterocycles. The highest BCUT2D eigenvalue weighted by Gasteiger charge is 2.43. The van der Waals surface area contributed by atoms with Crippen molar-refractivity contribution in [2.24, 2.45) is 0 Å². The van der Waals surface area contributed by atoms with Crippen molar-refractivity contribution < 1.29 is 4.74 Å². The Kier molecular flexibility index (Phi) is 4.47. The quantitative estimate of drug-likeness (QED) is 0.923. The average Bonchev–Trinajstić information content (AvgIpc) is 2.51. The van der Waals surface area contributed by atoms with Gasteiger partial charge in [0.2, 0.25) is 0 Å². The van der Waals surface area contributed by atoms with E-state index < -0.39 is 0 Å². The van der Waals surface area contributed by atoms with Crippen molar-refractivity contribution in [3.05, 3.63) is 28.8 Å². The van der Waals surface area contributed by atoms with Crippen molar-refractivity contribution in [2.75, 3.05) is 26.2 Å². The van der Waals surface area contributed by atoms with Gasteiger partial charge in [-0.1, -0.05) is 19.9 Å². The van der Waals surface area contributed by atoms with Crippen LogP contribution in [0.5, 0.6) is 5.75 Å². The summed E-state index contributed by atoms with van der Waals surface area (Å²) >= 11 is 0. The number of ether oxygens (including phenoxy) is 1. The fraction of sp³-hybridized carbons (Fsp3) is 0.684. The Morgan fingerprint density at radius 1 is 1.14 bits per heavy atom. The van der Waals surface area contributed by atoms with Gasteiger partial charge in [-0.05, 0) is 70.1 Å². The van der Waals surface area contributed by atoms with E-state index in [4.69, 9.17) is 4.74 Å². The lowest BCUT2D eigenvalue weighted by molar-refractivity contribution is -0.0183. The molecule has 0 aliphatic carbocycles. The van der Waals surface area contributed by atoms with Crippen molar-refractivity contribution in [2.45, 2.75) is 58.6 Å². The van der Waals surface area contributed by atoms with E-state index in [1.807, 2.05) is 0 Å². The van der Waals surface area contributed by atoms with Crippen molar-refractivity contribution in [3.8, 4) is 5.75 Å². The zero-order chi connectivity index (χ0) is 15.7. The average molecular weight is 302 g/mol. The molecule has 0 amide bonds. The first-order valence-corrected chi connectivity index (χ1v) is 8.83. The summed E-state index contributed by atoms with van der Waals surface area (Å²) in [7, 11) is 0. The first-order chi connectivity index (χ1) is 10.6. The standard InChI is InChI=1S/C19H30N2O/c1-5-21(6-2)17-13-19(7-9-20-10-8-19)22-18-12-15(4)14(3)11-16(17)18/h11-12,17,20H,5-10,13H2,1-4H3. The Balaban J connectivity index is 2.03. The summed E-state index contributed by atoms with van der Waals surface area (Å²) < 4.78 is 6.60. The molecule has 0 radical (unpaired) electrons. The summed E-state index contributed by atoms with van der Waals surface area (Å²) in [6.07, 6.45) is 3.38. The van der Waals surface area contributed by atoms with Crippen molar-refractivity contribution in [1.29, 1.82) is 0 Å². The summed E-state index contributed by atoms with van der Waals surface area (Å²) in [5, 5.41) is 3.48. The molecule has 22 heavy (non-hydrogen) atoms. The topological polar surface area (TPSA) is 24.5 Å². The maximum absolute atomic E-state index is 6.60. The predicted molar refractivity (Wildman–Crippen MR) is 91.7 cm³/mol. The second kappa shape index (κ2) is 6.21. The highest BCUT2D eigenvalue weighted by Crippen LogP contribution is 2.46. The third-order valence-corrected chi connectivity index (χ3v) is 5.64. The second-order valence-corrected chi connectivity index (χ2v) is 6.95. The zero-order valence-corrected chi connectivity index (χ0v) is 14.5. The maximum Gasteiger partial charge on any atom is 0.125 e. The third-order valence-electron chi connectivity index (χ3n) is 5.64. The molecule has 1 atom stereocenters. The fourth-order valence-electron chi connectivity index (χ4n) is 4.08. The molecule has 1 spiro atoms. The minimum atomic E-state index is 0.0349. The van der Waals surface area contributed by atoms with Gasteiger partial charge < -0.3 is 10.1 Å². The third kappa shape index (κ3) is 2.77. The lowest BCUT2D eigenvalue weighted by Crippen LogP contribution is -2.51. The summed E-state index contributed by atoms with van der Waals surface area (Å²) in [5.74, 6) is 1.13. The molecule has 2 aliphatic rings. The van der Waals surface area contributed by atoms with E-state index in [1.165, 1.54) is 16.7 Å². The molecule has 2 aliphatic heterocycles. The van der Waals surface area contributed by atoms with Gasteiger partial charge in [0.15, 0.2) is 0 Å². The van der Waals surface area contributed by atoms with Crippen LogP contribution in [0, 0.1) is 13.8 Å². The molecule has 1 aromatic rings. The molecule has 3 rings (SSSR count). The van der Waals surface area contributed by atoms with Gasteiger partial charge in [-0.25, -0.2) is 0 Å².